The predicted octanol–water partition coefficient (Wildman–Crippen LogP) is 2.11. The number of halogens is 1. The first-order valence-electron chi connectivity index (χ1n) is 5.95. The number of nitrogens with zero attached hydrogens (tertiary/aromatic N) is 2. The Bertz CT molecular complexity index is 712. The van der Waals surface area contributed by atoms with Gasteiger partial charge < -0.3 is 10.6 Å². The number of nitrogens with two attached hydrogens (primary N) is 1. The molecule has 1 aromatic rings. The van der Waals surface area contributed by atoms with Crippen LogP contribution in [0.25, 0.3) is 5.57 Å². The van der Waals surface area contributed by atoms with Gasteiger partial charge in [-0.2, -0.15) is 4.99 Å². The lowest BCUT2D eigenvalue weighted by Gasteiger charge is -2.13. The summed E-state index contributed by atoms with van der Waals surface area (Å²) in [6, 6.07) is 5.58. The third kappa shape index (κ3) is 1.89. The lowest BCUT2D eigenvalue weighted by molar-refractivity contribution is -0.115. The van der Waals surface area contributed by atoms with E-state index < -0.39 is 5.91 Å². The molecule has 2 aliphatic heterocycles. The number of fused-ring (bicyclic) bond motifs is 1. The summed E-state index contributed by atoms with van der Waals surface area (Å²) in [4.78, 5) is 30.0. The summed E-state index contributed by atoms with van der Waals surface area (Å²) >= 11 is 4.44. The van der Waals surface area contributed by atoms with E-state index in [1.54, 1.807) is 4.90 Å². The number of carbonyl (C=O) groups is 2. The summed E-state index contributed by atoms with van der Waals surface area (Å²) in [6.45, 7) is 2.44. The standard InChI is InChI=1S/C13H10BrN3O2S/c1-2-17-8-4-3-6(14)5-7(8)9(12(17)19)10-11(18)16-13(15)20-10/h3-5H,2H2,1H3,(H2,15,16,18)/b10-9-. The maximum absolute atomic E-state index is 12.5. The van der Waals surface area contributed by atoms with E-state index in [0.29, 0.717) is 17.0 Å². The van der Waals surface area contributed by atoms with Crippen molar-refractivity contribution >= 4 is 55.9 Å². The van der Waals surface area contributed by atoms with Crippen LogP contribution >= 0.6 is 27.7 Å². The van der Waals surface area contributed by atoms with Gasteiger partial charge in [0, 0.05) is 16.6 Å². The van der Waals surface area contributed by atoms with E-state index in [4.69, 9.17) is 5.73 Å². The van der Waals surface area contributed by atoms with Crippen molar-refractivity contribution in [2.45, 2.75) is 6.92 Å². The fraction of sp³-hybridized carbons (Fsp3) is 0.154. The molecular formula is C13H10BrN3O2S. The molecule has 0 spiro atoms. The molecule has 1 aromatic carbocycles. The number of hydrogen-bond acceptors (Lipinski definition) is 4. The largest absolute Gasteiger partial charge is 0.378 e. The zero-order valence-electron chi connectivity index (χ0n) is 10.5. The van der Waals surface area contributed by atoms with E-state index in [-0.39, 0.29) is 11.1 Å². The van der Waals surface area contributed by atoms with E-state index in [1.807, 2.05) is 25.1 Å². The number of benzene rings is 1. The Morgan fingerprint density at radius 1 is 1.40 bits per heavy atom. The Kier molecular flexibility index (Phi) is 3.18. The lowest BCUT2D eigenvalue weighted by atomic mass is 10.1. The van der Waals surface area contributed by atoms with Crippen LogP contribution in [0.3, 0.4) is 0 Å². The first-order valence-corrected chi connectivity index (χ1v) is 7.56. The second-order valence-electron chi connectivity index (χ2n) is 4.27. The molecule has 102 valence electrons. The normalized spacial score (nSPS) is 21.5. The second-order valence-corrected chi connectivity index (χ2v) is 6.22. The van der Waals surface area contributed by atoms with Gasteiger partial charge in [-0.3, -0.25) is 9.59 Å². The van der Waals surface area contributed by atoms with Gasteiger partial charge in [0.2, 0.25) is 0 Å². The number of amides is 2. The molecule has 3 rings (SSSR count). The minimum absolute atomic E-state index is 0.178. The molecule has 7 heteroatoms. The summed E-state index contributed by atoms with van der Waals surface area (Å²) < 4.78 is 0.851. The fourth-order valence-electron chi connectivity index (χ4n) is 2.32. The van der Waals surface area contributed by atoms with Gasteiger partial charge >= 0.3 is 0 Å². The molecule has 5 nitrogen and oxygen atoms in total. The zero-order valence-corrected chi connectivity index (χ0v) is 12.9. The summed E-state index contributed by atoms with van der Waals surface area (Å²) in [7, 11) is 0. The molecule has 2 heterocycles. The van der Waals surface area contributed by atoms with Crippen molar-refractivity contribution < 1.29 is 9.59 Å². The molecule has 0 fully saturated rings. The van der Waals surface area contributed by atoms with Gasteiger partial charge in [-0.25, -0.2) is 0 Å². The molecule has 2 aliphatic rings. The quantitative estimate of drug-likeness (QED) is 0.786. The average Bonchev–Trinajstić information content (AvgIpc) is 2.85. The Balaban J connectivity index is 2.24. The summed E-state index contributed by atoms with van der Waals surface area (Å²) in [5.41, 5.74) is 7.51. The number of amidine groups is 1. The van der Waals surface area contributed by atoms with E-state index in [1.165, 1.54) is 0 Å². The molecule has 0 unspecified atom stereocenters. The van der Waals surface area contributed by atoms with Crippen molar-refractivity contribution in [2.24, 2.45) is 10.7 Å². The number of rotatable bonds is 1. The SMILES string of the molecule is CCN1C(=O)/C(=C2\SC(N)=NC2=O)c2cc(Br)ccc21. The Morgan fingerprint density at radius 3 is 2.75 bits per heavy atom. The molecule has 20 heavy (non-hydrogen) atoms. The van der Waals surface area contributed by atoms with Crippen LogP contribution in [0.5, 0.6) is 0 Å². The van der Waals surface area contributed by atoms with Crippen LogP contribution in [0.4, 0.5) is 5.69 Å². The highest BCUT2D eigenvalue weighted by Crippen LogP contribution is 2.43. The second kappa shape index (κ2) is 4.75. The van der Waals surface area contributed by atoms with Gasteiger partial charge in [-0.05, 0) is 36.9 Å². The average molecular weight is 352 g/mol. The summed E-state index contributed by atoms with van der Waals surface area (Å²) in [6.07, 6.45) is 0. The van der Waals surface area contributed by atoms with Crippen LogP contribution in [-0.2, 0) is 9.59 Å². The van der Waals surface area contributed by atoms with Crippen LogP contribution in [0.1, 0.15) is 12.5 Å². The highest BCUT2D eigenvalue weighted by molar-refractivity contribution is 9.10. The molecule has 0 saturated carbocycles. The fourth-order valence-corrected chi connectivity index (χ4v) is 3.45. The Hall–Kier alpha value is -1.60. The van der Waals surface area contributed by atoms with E-state index >= 15 is 0 Å². The van der Waals surface area contributed by atoms with Crippen molar-refractivity contribution in [3.8, 4) is 0 Å². The molecule has 2 amide bonds. The first-order chi connectivity index (χ1) is 9.52. The van der Waals surface area contributed by atoms with Gasteiger partial charge in [-0.15, -0.1) is 0 Å². The van der Waals surface area contributed by atoms with Crippen LogP contribution in [-0.4, -0.2) is 23.5 Å². The lowest BCUT2D eigenvalue weighted by Crippen LogP contribution is -2.26. The molecule has 0 aliphatic carbocycles. The number of carbonyl (C=O) groups excluding carboxylic acids is 2. The van der Waals surface area contributed by atoms with Crippen LogP contribution in [0, 0.1) is 0 Å². The monoisotopic (exact) mass is 351 g/mol. The smallest absolute Gasteiger partial charge is 0.287 e. The Morgan fingerprint density at radius 2 is 2.15 bits per heavy atom. The van der Waals surface area contributed by atoms with Gasteiger partial charge in [0.25, 0.3) is 11.8 Å². The summed E-state index contributed by atoms with van der Waals surface area (Å²) in [5, 5.41) is 0.178. The third-order valence-corrected chi connectivity index (χ3v) is 4.51. The van der Waals surface area contributed by atoms with Crippen molar-refractivity contribution in [3.63, 3.8) is 0 Å². The van der Waals surface area contributed by atoms with Crippen LogP contribution in [0.15, 0.2) is 32.6 Å². The molecule has 2 N–H and O–H groups in total. The molecule has 0 radical (unpaired) electrons. The molecular weight excluding hydrogens is 342 g/mol. The highest BCUT2D eigenvalue weighted by atomic mass is 79.9. The highest BCUT2D eigenvalue weighted by Gasteiger charge is 2.37. The summed E-state index contributed by atoms with van der Waals surface area (Å²) in [5.74, 6) is -0.624. The maximum Gasteiger partial charge on any atom is 0.287 e. The molecule has 0 atom stereocenters. The molecule has 0 saturated heterocycles. The van der Waals surface area contributed by atoms with Crippen molar-refractivity contribution in [2.75, 3.05) is 11.4 Å². The maximum atomic E-state index is 12.5. The predicted molar refractivity (Wildman–Crippen MR) is 83.3 cm³/mol. The van der Waals surface area contributed by atoms with Gasteiger partial charge in [0.1, 0.15) is 0 Å². The van der Waals surface area contributed by atoms with E-state index in [9.17, 15) is 9.59 Å². The van der Waals surface area contributed by atoms with E-state index in [0.717, 1.165) is 27.5 Å². The van der Waals surface area contributed by atoms with Crippen molar-refractivity contribution in [1.82, 2.24) is 0 Å². The molecule has 0 aromatic heterocycles. The van der Waals surface area contributed by atoms with Gasteiger partial charge in [-0.1, -0.05) is 15.9 Å². The van der Waals surface area contributed by atoms with Crippen LogP contribution in [0.2, 0.25) is 0 Å². The van der Waals surface area contributed by atoms with Crippen molar-refractivity contribution in [3.05, 3.63) is 33.1 Å². The third-order valence-electron chi connectivity index (χ3n) is 3.13. The minimum atomic E-state index is -0.445. The zero-order chi connectivity index (χ0) is 14.4. The number of thioether (sulfide) groups is 1. The minimum Gasteiger partial charge on any atom is -0.378 e. The number of anilines is 1. The Labute approximate surface area is 128 Å². The number of likely N-dealkylation sites (N-methyl/N-ethyl adjacent to an activating group) is 1. The van der Waals surface area contributed by atoms with Gasteiger partial charge in [0.15, 0.2) is 5.17 Å². The first kappa shape index (κ1) is 13.4. The number of aliphatic imine (C=N–C) groups is 1. The topological polar surface area (TPSA) is 75.8 Å². The van der Waals surface area contributed by atoms with Crippen molar-refractivity contribution in [1.29, 1.82) is 0 Å². The van der Waals surface area contributed by atoms with Gasteiger partial charge in [0.05, 0.1) is 16.2 Å². The molecule has 0 bridgehead atoms. The van der Waals surface area contributed by atoms with Crippen LogP contribution < -0.4 is 10.6 Å². The van der Waals surface area contributed by atoms with E-state index in [2.05, 4.69) is 20.9 Å². The number of hydrogen-bond donors (Lipinski definition) is 1.